The SMILES string of the molecule is CC(C)Nc1ccc(Br)cc1NC(=O)C[C@@H]1CCC[C@H]1N. The van der Waals surface area contributed by atoms with Crippen molar-refractivity contribution in [2.24, 2.45) is 11.7 Å². The van der Waals surface area contributed by atoms with E-state index in [9.17, 15) is 4.79 Å². The third-order valence-electron chi connectivity index (χ3n) is 3.87. The maximum Gasteiger partial charge on any atom is 0.224 e. The van der Waals surface area contributed by atoms with Gasteiger partial charge in [0, 0.05) is 23.0 Å². The molecule has 1 aliphatic carbocycles. The number of nitrogens with one attached hydrogen (secondary N) is 2. The molecule has 4 N–H and O–H groups in total. The Morgan fingerprint density at radius 3 is 2.76 bits per heavy atom. The van der Waals surface area contributed by atoms with Crippen molar-refractivity contribution in [3.63, 3.8) is 0 Å². The molecule has 116 valence electrons. The Bertz CT molecular complexity index is 504. The summed E-state index contributed by atoms with van der Waals surface area (Å²) in [4.78, 5) is 12.3. The van der Waals surface area contributed by atoms with Crippen LogP contribution in [-0.4, -0.2) is 18.0 Å². The second-order valence-corrected chi connectivity index (χ2v) is 7.01. The van der Waals surface area contributed by atoms with Gasteiger partial charge in [-0.05, 0) is 50.8 Å². The molecule has 1 aromatic carbocycles. The van der Waals surface area contributed by atoms with Gasteiger partial charge in [-0.1, -0.05) is 22.4 Å². The van der Waals surface area contributed by atoms with E-state index in [-0.39, 0.29) is 11.9 Å². The standard InChI is InChI=1S/C16H24BrN3O/c1-10(2)19-14-7-6-12(17)9-15(14)20-16(21)8-11-4-3-5-13(11)18/h6-7,9-11,13,19H,3-5,8,18H2,1-2H3,(H,20,21)/t11-,13+/m0/s1. The fourth-order valence-corrected chi connectivity index (χ4v) is 3.18. The quantitative estimate of drug-likeness (QED) is 0.755. The fraction of sp³-hybridized carbons (Fsp3) is 0.562. The molecule has 21 heavy (non-hydrogen) atoms. The highest BCUT2D eigenvalue weighted by Crippen LogP contribution is 2.29. The predicted octanol–water partition coefficient (Wildman–Crippen LogP) is 3.73. The highest BCUT2D eigenvalue weighted by molar-refractivity contribution is 9.10. The molecule has 1 amide bonds. The molecule has 0 unspecified atom stereocenters. The highest BCUT2D eigenvalue weighted by atomic mass is 79.9. The summed E-state index contributed by atoms with van der Waals surface area (Å²) in [6.45, 7) is 4.15. The van der Waals surface area contributed by atoms with E-state index in [2.05, 4.69) is 40.4 Å². The van der Waals surface area contributed by atoms with Gasteiger partial charge in [0.15, 0.2) is 0 Å². The second-order valence-electron chi connectivity index (χ2n) is 6.10. The molecule has 0 heterocycles. The van der Waals surface area contributed by atoms with Crippen LogP contribution in [0.3, 0.4) is 0 Å². The van der Waals surface area contributed by atoms with E-state index in [1.54, 1.807) is 0 Å². The minimum atomic E-state index is 0.0438. The van der Waals surface area contributed by atoms with Gasteiger partial charge in [-0.15, -0.1) is 0 Å². The third kappa shape index (κ3) is 4.71. The number of carbonyl (C=O) groups is 1. The summed E-state index contributed by atoms with van der Waals surface area (Å²) in [6.07, 6.45) is 3.74. The first-order valence-corrected chi connectivity index (χ1v) is 8.36. The average Bonchev–Trinajstić information content (AvgIpc) is 2.78. The largest absolute Gasteiger partial charge is 0.381 e. The van der Waals surface area contributed by atoms with Crippen LogP contribution in [0.5, 0.6) is 0 Å². The first kappa shape index (κ1) is 16.3. The Morgan fingerprint density at radius 2 is 2.14 bits per heavy atom. The van der Waals surface area contributed by atoms with Crippen LogP contribution < -0.4 is 16.4 Å². The monoisotopic (exact) mass is 353 g/mol. The van der Waals surface area contributed by atoms with Gasteiger partial charge in [0.25, 0.3) is 0 Å². The molecule has 0 saturated heterocycles. The van der Waals surface area contributed by atoms with Crippen LogP contribution in [0, 0.1) is 5.92 Å². The lowest BCUT2D eigenvalue weighted by molar-refractivity contribution is -0.117. The number of nitrogens with two attached hydrogens (primary N) is 1. The molecule has 2 rings (SSSR count). The van der Waals surface area contributed by atoms with Crippen LogP contribution in [0.25, 0.3) is 0 Å². The van der Waals surface area contributed by atoms with E-state index in [1.807, 2.05) is 18.2 Å². The lowest BCUT2D eigenvalue weighted by atomic mass is 10.00. The summed E-state index contributed by atoms with van der Waals surface area (Å²) in [5, 5.41) is 6.37. The number of rotatable bonds is 5. The van der Waals surface area contributed by atoms with Crippen molar-refractivity contribution < 1.29 is 4.79 Å². The summed E-state index contributed by atoms with van der Waals surface area (Å²) in [5.41, 5.74) is 7.80. The number of hydrogen-bond acceptors (Lipinski definition) is 3. The first-order valence-electron chi connectivity index (χ1n) is 7.57. The molecule has 0 aliphatic heterocycles. The summed E-state index contributed by atoms with van der Waals surface area (Å²) in [7, 11) is 0. The van der Waals surface area contributed by atoms with E-state index in [4.69, 9.17) is 5.73 Å². The smallest absolute Gasteiger partial charge is 0.224 e. The van der Waals surface area contributed by atoms with Gasteiger partial charge >= 0.3 is 0 Å². The predicted molar refractivity (Wildman–Crippen MR) is 91.5 cm³/mol. The van der Waals surface area contributed by atoms with Gasteiger partial charge in [0.2, 0.25) is 5.91 Å². The zero-order valence-corrected chi connectivity index (χ0v) is 14.2. The van der Waals surface area contributed by atoms with E-state index in [1.165, 1.54) is 0 Å². The number of anilines is 2. The molecule has 1 aromatic rings. The van der Waals surface area contributed by atoms with Crippen molar-refractivity contribution in [2.45, 2.75) is 51.6 Å². The molecule has 0 spiro atoms. The molecule has 1 saturated carbocycles. The number of halogens is 1. The molecular formula is C16H24BrN3O. The Hall–Kier alpha value is -1.07. The summed E-state index contributed by atoms with van der Waals surface area (Å²) in [6, 6.07) is 6.35. The first-order chi connectivity index (χ1) is 9.95. The highest BCUT2D eigenvalue weighted by Gasteiger charge is 2.26. The van der Waals surface area contributed by atoms with Crippen LogP contribution in [0.2, 0.25) is 0 Å². The maximum atomic E-state index is 12.3. The summed E-state index contributed by atoms with van der Waals surface area (Å²) >= 11 is 3.45. The zero-order valence-electron chi connectivity index (χ0n) is 12.7. The van der Waals surface area contributed by atoms with Crippen molar-refractivity contribution in [2.75, 3.05) is 10.6 Å². The molecule has 0 radical (unpaired) electrons. The zero-order chi connectivity index (χ0) is 15.4. The van der Waals surface area contributed by atoms with Crippen molar-refractivity contribution in [1.29, 1.82) is 0 Å². The Kier molecular flexibility index (Phi) is 5.65. The van der Waals surface area contributed by atoms with Gasteiger partial charge in [0.1, 0.15) is 0 Å². The minimum absolute atomic E-state index is 0.0438. The van der Waals surface area contributed by atoms with Gasteiger partial charge in [-0.2, -0.15) is 0 Å². The van der Waals surface area contributed by atoms with Gasteiger partial charge in [0.05, 0.1) is 11.4 Å². The molecule has 1 aliphatic rings. The number of hydrogen-bond donors (Lipinski definition) is 3. The van der Waals surface area contributed by atoms with Crippen LogP contribution in [0.15, 0.2) is 22.7 Å². The normalized spacial score (nSPS) is 21.6. The Balaban J connectivity index is 2.03. The molecule has 5 heteroatoms. The molecule has 0 bridgehead atoms. The van der Waals surface area contributed by atoms with Gasteiger partial charge < -0.3 is 16.4 Å². The van der Waals surface area contributed by atoms with E-state index in [0.29, 0.717) is 18.4 Å². The van der Waals surface area contributed by atoms with Crippen molar-refractivity contribution in [1.82, 2.24) is 0 Å². The van der Waals surface area contributed by atoms with Crippen molar-refractivity contribution >= 4 is 33.2 Å². The van der Waals surface area contributed by atoms with Gasteiger partial charge in [-0.3, -0.25) is 4.79 Å². The minimum Gasteiger partial charge on any atom is -0.381 e. The van der Waals surface area contributed by atoms with Gasteiger partial charge in [-0.25, -0.2) is 0 Å². The average molecular weight is 354 g/mol. The van der Waals surface area contributed by atoms with Crippen LogP contribution in [-0.2, 0) is 4.79 Å². The van der Waals surface area contributed by atoms with E-state index < -0.39 is 0 Å². The summed E-state index contributed by atoms with van der Waals surface area (Å²) in [5.74, 6) is 0.362. The molecular weight excluding hydrogens is 330 g/mol. The molecule has 1 fully saturated rings. The second kappa shape index (κ2) is 7.27. The van der Waals surface area contributed by atoms with E-state index >= 15 is 0 Å². The topological polar surface area (TPSA) is 67.1 Å². The van der Waals surface area contributed by atoms with Crippen LogP contribution in [0.1, 0.15) is 39.5 Å². The maximum absolute atomic E-state index is 12.3. The Morgan fingerprint density at radius 1 is 1.38 bits per heavy atom. The van der Waals surface area contributed by atoms with E-state index in [0.717, 1.165) is 35.1 Å². The number of carbonyl (C=O) groups excluding carboxylic acids is 1. The molecule has 4 nitrogen and oxygen atoms in total. The lowest BCUT2D eigenvalue weighted by Crippen LogP contribution is -2.28. The van der Waals surface area contributed by atoms with Crippen LogP contribution in [0.4, 0.5) is 11.4 Å². The molecule has 0 aromatic heterocycles. The molecule has 2 atom stereocenters. The van der Waals surface area contributed by atoms with Crippen molar-refractivity contribution in [3.8, 4) is 0 Å². The Labute approximate surface area is 135 Å². The van der Waals surface area contributed by atoms with Crippen LogP contribution >= 0.6 is 15.9 Å². The number of benzene rings is 1. The lowest BCUT2D eigenvalue weighted by Gasteiger charge is -2.18. The van der Waals surface area contributed by atoms with Crippen molar-refractivity contribution in [3.05, 3.63) is 22.7 Å². The fourth-order valence-electron chi connectivity index (χ4n) is 2.82. The third-order valence-corrected chi connectivity index (χ3v) is 4.36. The summed E-state index contributed by atoms with van der Waals surface area (Å²) < 4.78 is 0.949. The number of amides is 1.